The molecule has 0 radical (unpaired) electrons. The maximum absolute atomic E-state index is 4.61. The average Bonchev–Trinajstić information content (AvgIpc) is 3.11. The zero-order valence-electron chi connectivity index (χ0n) is 13.5. The summed E-state index contributed by atoms with van der Waals surface area (Å²) in [5.74, 6) is 2.04. The van der Waals surface area contributed by atoms with Crippen molar-refractivity contribution in [2.24, 2.45) is 12.0 Å². The third-order valence-electron chi connectivity index (χ3n) is 3.10. The molecule has 2 N–H and O–H groups in total. The van der Waals surface area contributed by atoms with Gasteiger partial charge in [0.05, 0.1) is 12.2 Å². The molecular weight excluding hydrogens is 298 g/mol. The minimum Gasteiger partial charge on any atom is -0.357 e. The molecule has 2 rings (SSSR count). The maximum atomic E-state index is 4.61. The zero-order valence-corrected chi connectivity index (χ0v) is 14.3. The second kappa shape index (κ2) is 7.88. The molecule has 0 aromatic carbocycles. The van der Waals surface area contributed by atoms with Crippen molar-refractivity contribution in [2.75, 3.05) is 6.54 Å². The summed E-state index contributed by atoms with van der Waals surface area (Å²) >= 11 is 1.67. The number of nitrogens with one attached hydrogen (secondary N) is 2. The SMILES string of the molecule is CCNC(=NCc1ncnn1C)NCc1nc(C(C)C)cs1. The van der Waals surface area contributed by atoms with Crippen LogP contribution in [0.4, 0.5) is 0 Å². The summed E-state index contributed by atoms with van der Waals surface area (Å²) in [6.07, 6.45) is 1.54. The number of nitrogens with zero attached hydrogens (tertiary/aromatic N) is 5. The van der Waals surface area contributed by atoms with E-state index in [4.69, 9.17) is 0 Å². The van der Waals surface area contributed by atoms with Gasteiger partial charge < -0.3 is 10.6 Å². The highest BCUT2D eigenvalue weighted by molar-refractivity contribution is 7.09. The van der Waals surface area contributed by atoms with Gasteiger partial charge in [-0.2, -0.15) is 5.10 Å². The summed E-state index contributed by atoms with van der Waals surface area (Å²) in [4.78, 5) is 13.3. The lowest BCUT2D eigenvalue weighted by molar-refractivity contribution is 0.697. The molecule has 0 spiro atoms. The van der Waals surface area contributed by atoms with E-state index in [0.717, 1.165) is 29.0 Å². The number of hydrogen-bond donors (Lipinski definition) is 2. The van der Waals surface area contributed by atoms with Gasteiger partial charge in [0.1, 0.15) is 23.7 Å². The predicted octanol–water partition coefficient (Wildman–Crippen LogP) is 1.65. The Morgan fingerprint density at radius 1 is 1.41 bits per heavy atom. The van der Waals surface area contributed by atoms with E-state index in [1.54, 1.807) is 16.0 Å². The van der Waals surface area contributed by atoms with E-state index in [1.165, 1.54) is 6.33 Å². The molecule has 0 fully saturated rings. The van der Waals surface area contributed by atoms with Crippen LogP contribution in [0, 0.1) is 0 Å². The minimum atomic E-state index is 0.461. The average molecular weight is 321 g/mol. The first kappa shape index (κ1) is 16.4. The fraction of sp³-hybridized carbons (Fsp3) is 0.571. The van der Waals surface area contributed by atoms with Crippen molar-refractivity contribution >= 4 is 17.3 Å². The molecule has 2 heterocycles. The number of rotatable bonds is 6. The molecule has 0 amide bonds. The van der Waals surface area contributed by atoms with Crippen molar-refractivity contribution in [3.8, 4) is 0 Å². The van der Waals surface area contributed by atoms with E-state index in [0.29, 0.717) is 19.0 Å². The minimum absolute atomic E-state index is 0.461. The van der Waals surface area contributed by atoms with Crippen LogP contribution in [-0.2, 0) is 20.1 Å². The first-order valence-corrected chi connectivity index (χ1v) is 8.27. The first-order valence-electron chi connectivity index (χ1n) is 7.39. The van der Waals surface area contributed by atoms with Gasteiger partial charge in [-0.05, 0) is 12.8 Å². The lowest BCUT2D eigenvalue weighted by Crippen LogP contribution is -2.36. The van der Waals surface area contributed by atoms with Crippen LogP contribution in [0.25, 0.3) is 0 Å². The number of aryl methyl sites for hydroxylation is 1. The van der Waals surface area contributed by atoms with Crippen LogP contribution in [0.1, 0.15) is 43.2 Å². The summed E-state index contributed by atoms with van der Waals surface area (Å²) in [6, 6.07) is 0. The third kappa shape index (κ3) is 4.52. The molecule has 0 aliphatic rings. The summed E-state index contributed by atoms with van der Waals surface area (Å²) in [5, 5.41) is 13.7. The summed E-state index contributed by atoms with van der Waals surface area (Å²) in [5.41, 5.74) is 1.14. The van der Waals surface area contributed by atoms with Crippen molar-refractivity contribution in [1.82, 2.24) is 30.4 Å². The van der Waals surface area contributed by atoms with Crippen molar-refractivity contribution < 1.29 is 0 Å². The van der Waals surface area contributed by atoms with Crippen LogP contribution in [-0.4, -0.2) is 32.3 Å². The number of aliphatic imine (C=N–C) groups is 1. The molecule has 0 atom stereocenters. The van der Waals surface area contributed by atoms with Crippen molar-refractivity contribution in [3.05, 3.63) is 28.2 Å². The largest absolute Gasteiger partial charge is 0.357 e. The van der Waals surface area contributed by atoms with Gasteiger partial charge in [0.25, 0.3) is 0 Å². The number of thiazole rings is 1. The zero-order chi connectivity index (χ0) is 15.9. The molecule has 0 saturated heterocycles. The van der Waals surface area contributed by atoms with Crippen LogP contribution in [0.2, 0.25) is 0 Å². The summed E-state index contributed by atoms with van der Waals surface area (Å²) in [6.45, 7) is 8.31. The molecule has 8 heteroatoms. The lowest BCUT2D eigenvalue weighted by Gasteiger charge is -2.09. The van der Waals surface area contributed by atoms with Crippen LogP contribution >= 0.6 is 11.3 Å². The Hall–Kier alpha value is -1.96. The Morgan fingerprint density at radius 3 is 2.82 bits per heavy atom. The fourth-order valence-electron chi connectivity index (χ4n) is 1.79. The lowest BCUT2D eigenvalue weighted by atomic mass is 10.2. The summed E-state index contributed by atoms with van der Waals surface area (Å²) in [7, 11) is 1.86. The highest BCUT2D eigenvalue weighted by atomic mass is 32.1. The van der Waals surface area contributed by atoms with E-state index in [9.17, 15) is 0 Å². The maximum Gasteiger partial charge on any atom is 0.192 e. The molecule has 0 aliphatic carbocycles. The van der Waals surface area contributed by atoms with Gasteiger partial charge in [0.15, 0.2) is 5.96 Å². The van der Waals surface area contributed by atoms with Crippen molar-refractivity contribution in [3.63, 3.8) is 0 Å². The quantitative estimate of drug-likeness (QED) is 0.625. The van der Waals surface area contributed by atoms with Gasteiger partial charge >= 0.3 is 0 Å². The van der Waals surface area contributed by atoms with Gasteiger partial charge in [-0.15, -0.1) is 11.3 Å². The molecule has 120 valence electrons. The monoisotopic (exact) mass is 321 g/mol. The molecule has 0 unspecified atom stereocenters. The third-order valence-corrected chi connectivity index (χ3v) is 3.96. The van der Waals surface area contributed by atoms with E-state index in [1.807, 2.05) is 14.0 Å². The number of aromatic nitrogens is 4. The number of guanidine groups is 1. The fourth-order valence-corrected chi connectivity index (χ4v) is 2.68. The highest BCUT2D eigenvalue weighted by Crippen LogP contribution is 2.17. The molecular formula is C14H23N7S. The van der Waals surface area contributed by atoms with Gasteiger partial charge in [-0.1, -0.05) is 13.8 Å². The van der Waals surface area contributed by atoms with Gasteiger partial charge in [0, 0.05) is 19.0 Å². The Kier molecular flexibility index (Phi) is 5.88. The second-order valence-corrected chi connectivity index (χ2v) is 6.11. The molecule has 7 nitrogen and oxygen atoms in total. The van der Waals surface area contributed by atoms with Gasteiger partial charge in [-0.25, -0.2) is 15.0 Å². The molecule has 2 aromatic heterocycles. The molecule has 22 heavy (non-hydrogen) atoms. The second-order valence-electron chi connectivity index (χ2n) is 5.17. The van der Waals surface area contributed by atoms with Crippen LogP contribution in [0.15, 0.2) is 16.7 Å². The Bertz CT molecular complexity index is 614. The Balaban J connectivity index is 1.94. The molecule has 0 aliphatic heterocycles. The molecule has 0 bridgehead atoms. The summed E-state index contributed by atoms with van der Waals surface area (Å²) < 4.78 is 1.73. The Morgan fingerprint density at radius 2 is 2.23 bits per heavy atom. The smallest absolute Gasteiger partial charge is 0.192 e. The van der Waals surface area contributed by atoms with Crippen LogP contribution < -0.4 is 10.6 Å². The number of hydrogen-bond acceptors (Lipinski definition) is 5. The topological polar surface area (TPSA) is 80.0 Å². The van der Waals surface area contributed by atoms with Crippen LogP contribution in [0.5, 0.6) is 0 Å². The van der Waals surface area contributed by atoms with Gasteiger partial charge in [0.2, 0.25) is 0 Å². The Labute approximate surface area is 134 Å². The molecule has 0 saturated carbocycles. The normalized spacial score (nSPS) is 12.0. The molecule has 2 aromatic rings. The van der Waals surface area contributed by atoms with E-state index < -0.39 is 0 Å². The highest BCUT2D eigenvalue weighted by Gasteiger charge is 2.07. The van der Waals surface area contributed by atoms with E-state index >= 15 is 0 Å². The predicted molar refractivity (Wildman–Crippen MR) is 88.9 cm³/mol. The van der Waals surface area contributed by atoms with Crippen molar-refractivity contribution in [2.45, 2.75) is 39.8 Å². The van der Waals surface area contributed by atoms with Crippen LogP contribution in [0.3, 0.4) is 0 Å². The first-order chi connectivity index (χ1) is 10.6. The van der Waals surface area contributed by atoms with E-state index in [-0.39, 0.29) is 0 Å². The standard InChI is InChI=1S/C14H23N7S/c1-5-15-14(16-6-12-18-9-19-21(12)4)17-7-13-20-11(8-22-13)10(2)3/h8-10H,5-7H2,1-4H3,(H2,15,16,17). The van der Waals surface area contributed by atoms with Crippen molar-refractivity contribution in [1.29, 1.82) is 0 Å². The van der Waals surface area contributed by atoms with E-state index in [2.05, 4.69) is 49.9 Å². The van der Waals surface area contributed by atoms with Gasteiger partial charge in [-0.3, -0.25) is 4.68 Å².